The van der Waals surface area contributed by atoms with Gasteiger partial charge in [-0.3, -0.25) is 4.79 Å². The summed E-state index contributed by atoms with van der Waals surface area (Å²) in [7, 11) is 0. The fourth-order valence-electron chi connectivity index (χ4n) is 2.02. The summed E-state index contributed by atoms with van der Waals surface area (Å²) in [4.78, 5) is 11.7. The van der Waals surface area contributed by atoms with Crippen molar-refractivity contribution >= 4 is 17.7 Å². The maximum atomic E-state index is 11.7. The van der Waals surface area contributed by atoms with Crippen molar-refractivity contribution in [1.82, 2.24) is 10.6 Å². The number of carbonyl (C=O) groups is 1. The highest BCUT2D eigenvalue weighted by atomic mass is 32.2. The molecular formula is C13H26N2OS. The zero-order valence-corrected chi connectivity index (χ0v) is 12.1. The number of nitrogens with one attached hydrogen (secondary N) is 2. The Labute approximate surface area is 109 Å². The van der Waals surface area contributed by atoms with E-state index in [1.807, 2.05) is 0 Å². The molecule has 1 fully saturated rings. The highest BCUT2D eigenvalue weighted by molar-refractivity contribution is 7.99. The molecule has 1 heterocycles. The van der Waals surface area contributed by atoms with Gasteiger partial charge in [-0.2, -0.15) is 11.8 Å². The van der Waals surface area contributed by atoms with Crippen molar-refractivity contribution in [2.24, 2.45) is 5.92 Å². The first-order chi connectivity index (χ1) is 8.08. The van der Waals surface area contributed by atoms with E-state index in [1.54, 1.807) is 11.8 Å². The van der Waals surface area contributed by atoms with Gasteiger partial charge in [0, 0.05) is 12.1 Å². The Morgan fingerprint density at radius 1 is 1.53 bits per heavy atom. The van der Waals surface area contributed by atoms with E-state index in [0.717, 1.165) is 31.1 Å². The summed E-state index contributed by atoms with van der Waals surface area (Å²) >= 11 is 1.75. The Hall–Kier alpha value is -0.220. The molecule has 17 heavy (non-hydrogen) atoms. The van der Waals surface area contributed by atoms with E-state index in [9.17, 15) is 4.79 Å². The molecule has 2 unspecified atom stereocenters. The first-order valence-electron chi connectivity index (χ1n) is 6.68. The topological polar surface area (TPSA) is 41.1 Å². The third-order valence-corrected chi connectivity index (χ3v) is 4.05. The summed E-state index contributed by atoms with van der Waals surface area (Å²) in [6.45, 7) is 7.64. The summed E-state index contributed by atoms with van der Waals surface area (Å²) in [6.07, 6.45) is 3.32. The molecule has 1 aliphatic rings. The quantitative estimate of drug-likeness (QED) is 0.716. The molecule has 0 aromatic carbocycles. The minimum Gasteiger partial charge on any atom is -0.353 e. The van der Waals surface area contributed by atoms with Crippen molar-refractivity contribution in [1.29, 1.82) is 0 Å². The number of carbonyl (C=O) groups excluding carboxylic acids is 1. The second-order valence-corrected chi connectivity index (χ2v) is 6.48. The molecule has 2 atom stereocenters. The lowest BCUT2D eigenvalue weighted by Gasteiger charge is -2.28. The minimum atomic E-state index is 0.206. The van der Waals surface area contributed by atoms with Gasteiger partial charge >= 0.3 is 0 Å². The van der Waals surface area contributed by atoms with Crippen LogP contribution in [0.25, 0.3) is 0 Å². The lowest BCUT2D eigenvalue weighted by molar-refractivity contribution is -0.119. The van der Waals surface area contributed by atoms with Crippen LogP contribution < -0.4 is 10.6 Å². The summed E-state index contributed by atoms with van der Waals surface area (Å²) in [5.41, 5.74) is 0. The first kappa shape index (κ1) is 14.8. The number of hydrogen-bond acceptors (Lipinski definition) is 3. The first-order valence-corrected chi connectivity index (χ1v) is 7.84. The van der Waals surface area contributed by atoms with Gasteiger partial charge in [0.25, 0.3) is 0 Å². The van der Waals surface area contributed by atoms with Crippen LogP contribution in [0.3, 0.4) is 0 Å². The number of piperidine rings is 1. The molecule has 0 saturated carbocycles. The molecule has 0 aliphatic carbocycles. The molecule has 0 spiro atoms. The van der Waals surface area contributed by atoms with Crippen LogP contribution in [-0.2, 0) is 4.79 Å². The Balaban J connectivity index is 2.07. The van der Waals surface area contributed by atoms with Crippen LogP contribution in [0.2, 0.25) is 0 Å². The molecule has 1 saturated heterocycles. The smallest absolute Gasteiger partial charge is 0.230 e. The summed E-state index contributed by atoms with van der Waals surface area (Å²) < 4.78 is 0. The standard InChI is InChI=1S/C13H26N2OS/c1-10(2)5-7-17-9-13(16)15-12-4-6-14-11(3)8-12/h10-12,14H,4-9H2,1-3H3,(H,15,16). The predicted molar refractivity (Wildman–Crippen MR) is 75.4 cm³/mol. The molecule has 0 radical (unpaired) electrons. The van der Waals surface area contributed by atoms with Gasteiger partial charge in [0.1, 0.15) is 0 Å². The largest absolute Gasteiger partial charge is 0.353 e. The molecular weight excluding hydrogens is 232 g/mol. The average molecular weight is 258 g/mol. The minimum absolute atomic E-state index is 0.206. The number of thioether (sulfide) groups is 1. The van der Waals surface area contributed by atoms with Crippen molar-refractivity contribution in [3.05, 3.63) is 0 Å². The Morgan fingerprint density at radius 2 is 2.29 bits per heavy atom. The average Bonchev–Trinajstić information content (AvgIpc) is 2.24. The van der Waals surface area contributed by atoms with Crippen molar-refractivity contribution in [3.8, 4) is 0 Å². The summed E-state index contributed by atoms with van der Waals surface area (Å²) in [5, 5.41) is 6.53. The van der Waals surface area contributed by atoms with Gasteiger partial charge in [0.2, 0.25) is 5.91 Å². The third-order valence-electron chi connectivity index (χ3n) is 3.06. The molecule has 0 bridgehead atoms. The molecule has 1 aliphatic heterocycles. The van der Waals surface area contributed by atoms with E-state index >= 15 is 0 Å². The third kappa shape index (κ3) is 6.94. The van der Waals surface area contributed by atoms with E-state index in [1.165, 1.54) is 6.42 Å². The maximum absolute atomic E-state index is 11.7. The van der Waals surface area contributed by atoms with E-state index in [2.05, 4.69) is 31.4 Å². The summed E-state index contributed by atoms with van der Waals surface area (Å²) in [6, 6.07) is 0.909. The Kier molecular flexibility index (Phi) is 6.97. The Bertz CT molecular complexity index is 233. The van der Waals surface area contributed by atoms with Gasteiger partial charge in [-0.25, -0.2) is 0 Å². The molecule has 100 valence electrons. The normalized spacial score (nSPS) is 24.9. The summed E-state index contributed by atoms with van der Waals surface area (Å²) in [5.74, 6) is 2.65. The second kappa shape index (κ2) is 7.98. The second-order valence-electron chi connectivity index (χ2n) is 5.38. The van der Waals surface area contributed by atoms with Crippen molar-refractivity contribution in [3.63, 3.8) is 0 Å². The van der Waals surface area contributed by atoms with Gasteiger partial charge in [0.15, 0.2) is 0 Å². The SMILES string of the molecule is CC(C)CCSCC(=O)NC1CCNC(C)C1. The zero-order valence-electron chi connectivity index (χ0n) is 11.3. The maximum Gasteiger partial charge on any atom is 0.230 e. The molecule has 1 rings (SSSR count). The van der Waals surface area contributed by atoms with E-state index in [4.69, 9.17) is 0 Å². The Morgan fingerprint density at radius 3 is 2.94 bits per heavy atom. The van der Waals surface area contributed by atoms with Gasteiger partial charge in [-0.15, -0.1) is 0 Å². The lowest BCUT2D eigenvalue weighted by atomic mass is 10.0. The monoisotopic (exact) mass is 258 g/mol. The molecule has 3 nitrogen and oxygen atoms in total. The van der Waals surface area contributed by atoms with Crippen LogP contribution in [0.1, 0.15) is 40.0 Å². The van der Waals surface area contributed by atoms with Gasteiger partial charge in [-0.05, 0) is 44.4 Å². The molecule has 4 heteroatoms. The van der Waals surface area contributed by atoms with Gasteiger partial charge < -0.3 is 10.6 Å². The fraction of sp³-hybridized carbons (Fsp3) is 0.923. The van der Waals surface area contributed by atoms with Crippen molar-refractivity contribution in [2.45, 2.75) is 52.1 Å². The van der Waals surface area contributed by atoms with Gasteiger partial charge in [-0.1, -0.05) is 13.8 Å². The molecule has 1 amide bonds. The van der Waals surface area contributed by atoms with Crippen LogP contribution in [0.15, 0.2) is 0 Å². The van der Waals surface area contributed by atoms with Crippen LogP contribution >= 0.6 is 11.8 Å². The number of amides is 1. The highest BCUT2D eigenvalue weighted by Crippen LogP contribution is 2.10. The highest BCUT2D eigenvalue weighted by Gasteiger charge is 2.19. The number of rotatable bonds is 6. The van der Waals surface area contributed by atoms with Crippen LogP contribution in [-0.4, -0.2) is 36.0 Å². The zero-order chi connectivity index (χ0) is 12.7. The van der Waals surface area contributed by atoms with Gasteiger partial charge in [0.05, 0.1) is 5.75 Å². The lowest BCUT2D eigenvalue weighted by Crippen LogP contribution is -2.47. The predicted octanol–water partition coefficient (Wildman–Crippen LogP) is 2.02. The van der Waals surface area contributed by atoms with E-state index in [0.29, 0.717) is 17.8 Å². The molecule has 0 aromatic rings. The van der Waals surface area contributed by atoms with Crippen molar-refractivity contribution < 1.29 is 4.79 Å². The molecule has 2 N–H and O–H groups in total. The van der Waals surface area contributed by atoms with Crippen LogP contribution in [0, 0.1) is 5.92 Å². The van der Waals surface area contributed by atoms with Crippen LogP contribution in [0.4, 0.5) is 0 Å². The van der Waals surface area contributed by atoms with Crippen molar-refractivity contribution in [2.75, 3.05) is 18.1 Å². The van der Waals surface area contributed by atoms with E-state index in [-0.39, 0.29) is 5.91 Å². The van der Waals surface area contributed by atoms with Crippen LogP contribution in [0.5, 0.6) is 0 Å². The number of hydrogen-bond donors (Lipinski definition) is 2. The fourth-order valence-corrected chi connectivity index (χ4v) is 3.07. The molecule has 0 aromatic heterocycles. The van der Waals surface area contributed by atoms with E-state index < -0.39 is 0 Å².